The highest BCUT2D eigenvalue weighted by Crippen LogP contribution is 2.17. The van der Waals surface area contributed by atoms with Gasteiger partial charge in [-0.2, -0.15) is 0 Å². The molecule has 1 unspecified atom stereocenters. The summed E-state index contributed by atoms with van der Waals surface area (Å²) in [5.74, 6) is 0.199. The summed E-state index contributed by atoms with van der Waals surface area (Å²) in [5.41, 5.74) is 0.433. The number of rotatable bonds is 6. The lowest BCUT2D eigenvalue weighted by molar-refractivity contribution is 0.0972. The number of benzene rings is 1. The van der Waals surface area contributed by atoms with Gasteiger partial charge in [0, 0.05) is 6.54 Å². The van der Waals surface area contributed by atoms with Crippen LogP contribution in [0.3, 0.4) is 0 Å². The number of aliphatic hydroxyl groups is 1. The molecule has 110 valence electrons. The zero-order valence-electron chi connectivity index (χ0n) is 11.7. The number of hydrogen-bond acceptors (Lipinski definition) is 4. The quantitative estimate of drug-likeness (QED) is 0.693. The Bertz CT molecular complexity index is 463. The predicted molar refractivity (Wildman–Crippen MR) is 82.0 cm³/mol. The van der Waals surface area contributed by atoms with Crippen LogP contribution in [0, 0.1) is 0 Å². The number of amides is 1. The number of carbonyl (C=O) groups is 1. The molecule has 0 aliphatic rings. The van der Waals surface area contributed by atoms with Gasteiger partial charge in [0.15, 0.2) is 5.11 Å². The molecule has 0 fully saturated rings. The second-order valence-corrected chi connectivity index (χ2v) is 4.77. The van der Waals surface area contributed by atoms with E-state index in [1.165, 1.54) is 0 Å². The third-order valence-electron chi connectivity index (χ3n) is 2.38. The van der Waals surface area contributed by atoms with Gasteiger partial charge >= 0.3 is 0 Å². The fourth-order valence-electron chi connectivity index (χ4n) is 1.45. The SMILES string of the molecule is CCCOc1ccccc1C(=O)NC(=S)NCC(C)O. The zero-order chi connectivity index (χ0) is 15.0. The molecule has 3 N–H and O–H groups in total. The van der Waals surface area contributed by atoms with Crippen LogP contribution in [0.4, 0.5) is 0 Å². The van der Waals surface area contributed by atoms with Gasteiger partial charge in [-0.15, -0.1) is 0 Å². The van der Waals surface area contributed by atoms with Crippen molar-refractivity contribution in [3.05, 3.63) is 29.8 Å². The highest BCUT2D eigenvalue weighted by molar-refractivity contribution is 7.80. The van der Waals surface area contributed by atoms with Crippen LogP contribution in [0.2, 0.25) is 0 Å². The lowest BCUT2D eigenvalue weighted by Crippen LogP contribution is -2.41. The summed E-state index contributed by atoms with van der Waals surface area (Å²) in [6.07, 6.45) is 0.328. The summed E-state index contributed by atoms with van der Waals surface area (Å²) in [4.78, 5) is 12.1. The number of thiocarbonyl (C=S) groups is 1. The molecule has 1 aromatic carbocycles. The van der Waals surface area contributed by atoms with Crippen molar-refractivity contribution < 1.29 is 14.6 Å². The molecule has 0 heterocycles. The molecule has 5 nitrogen and oxygen atoms in total. The van der Waals surface area contributed by atoms with Gasteiger partial charge in [0.05, 0.1) is 18.3 Å². The van der Waals surface area contributed by atoms with Crippen LogP contribution in [0.1, 0.15) is 30.6 Å². The second-order valence-electron chi connectivity index (χ2n) is 4.36. The van der Waals surface area contributed by atoms with Gasteiger partial charge in [0.2, 0.25) is 0 Å². The first-order chi connectivity index (χ1) is 9.54. The van der Waals surface area contributed by atoms with E-state index in [4.69, 9.17) is 22.1 Å². The van der Waals surface area contributed by atoms with Gasteiger partial charge < -0.3 is 15.2 Å². The Balaban J connectivity index is 2.65. The van der Waals surface area contributed by atoms with Crippen molar-refractivity contribution in [1.29, 1.82) is 0 Å². The molecule has 0 radical (unpaired) electrons. The minimum Gasteiger partial charge on any atom is -0.493 e. The minimum atomic E-state index is -0.537. The van der Waals surface area contributed by atoms with E-state index >= 15 is 0 Å². The molecular formula is C14H20N2O3S. The number of carbonyl (C=O) groups excluding carboxylic acids is 1. The van der Waals surface area contributed by atoms with Crippen molar-refractivity contribution in [1.82, 2.24) is 10.6 Å². The van der Waals surface area contributed by atoms with Crippen LogP contribution in [0.15, 0.2) is 24.3 Å². The Kier molecular flexibility index (Phi) is 6.97. The Hall–Kier alpha value is -1.66. The van der Waals surface area contributed by atoms with Gasteiger partial charge in [-0.1, -0.05) is 19.1 Å². The Morgan fingerprint density at radius 3 is 2.80 bits per heavy atom. The van der Waals surface area contributed by atoms with Gasteiger partial charge in [-0.25, -0.2) is 0 Å². The average Bonchev–Trinajstić information content (AvgIpc) is 2.43. The van der Waals surface area contributed by atoms with Crippen molar-refractivity contribution >= 4 is 23.2 Å². The topological polar surface area (TPSA) is 70.6 Å². The molecule has 0 aliphatic carbocycles. The Labute approximate surface area is 124 Å². The highest BCUT2D eigenvalue weighted by atomic mass is 32.1. The molecule has 1 aromatic rings. The molecule has 6 heteroatoms. The van der Waals surface area contributed by atoms with Gasteiger partial charge in [0.25, 0.3) is 5.91 Å². The molecular weight excluding hydrogens is 276 g/mol. The Morgan fingerprint density at radius 2 is 2.15 bits per heavy atom. The minimum absolute atomic E-state index is 0.182. The standard InChI is InChI=1S/C14H20N2O3S/c1-3-8-19-12-7-5-4-6-11(12)13(18)16-14(20)15-9-10(2)17/h4-7,10,17H,3,8-9H2,1-2H3,(H2,15,16,18,20). The summed E-state index contributed by atoms with van der Waals surface area (Å²) in [6.45, 7) is 4.46. The van der Waals surface area contributed by atoms with Crippen molar-refractivity contribution in [2.45, 2.75) is 26.4 Å². The van der Waals surface area contributed by atoms with E-state index in [9.17, 15) is 4.79 Å². The number of ether oxygens (including phenoxy) is 1. The molecule has 20 heavy (non-hydrogen) atoms. The normalized spacial score (nSPS) is 11.6. The lowest BCUT2D eigenvalue weighted by Gasteiger charge is -2.13. The smallest absolute Gasteiger partial charge is 0.261 e. The molecule has 0 aliphatic heterocycles. The zero-order valence-corrected chi connectivity index (χ0v) is 12.5. The van der Waals surface area contributed by atoms with Crippen LogP contribution in [0.5, 0.6) is 5.75 Å². The lowest BCUT2D eigenvalue weighted by atomic mass is 10.2. The van der Waals surface area contributed by atoms with Crippen molar-refractivity contribution in [3.63, 3.8) is 0 Å². The van der Waals surface area contributed by atoms with Gasteiger partial charge in [-0.05, 0) is 37.7 Å². The number of aliphatic hydroxyl groups excluding tert-OH is 1. The largest absolute Gasteiger partial charge is 0.493 e. The molecule has 0 aromatic heterocycles. The maximum absolute atomic E-state index is 12.1. The maximum atomic E-state index is 12.1. The molecule has 0 saturated carbocycles. The van der Waals surface area contributed by atoms with E-state index in [-0.39, 0.29) is 17.6 Å². The first-order valence-electron chi connectivity index (χ1n) is 6.53. The van der Waals surface area contributed by atoms with Crippen LogP contribution in [-0.4, -0.2) is 35.4 Å². The average molecular weight is 296 g/mol. The summed E-state index contributed by atoms with van der Waals surface area (Å²) in [5, 5.41) is 14.6. The van der Waals surface area contributed by atoms with E-state index in [1.54, 1.807) is 25.1 Å². The first kappa shape index (κ1) is 16.4. The van der Waals surface area contributed by atoms with Crippen LogP contribution in [-0.2, 0) is 0 Å². The van der Waals surface area contributed by atoms with Gasteiger partial charge in [-0.3, -0.25) is 10.1 Å². The highest BCUT2D eigenvalue weighted by Gasteiger charge is 2.13. The van der Waals surface area contributed by atoms with Crippen LogP contribution < -0.4 is 15.4 Å². The Morgan fingerprint density at radius 1 is 1.45 bits per heavy atom. The number of hydrogen-bond donors (Lipinski definition) is 3. The van der Waals surface area contributed by atoms with Crippen molar-refractivity contribution in [2.75, 3.05) is 13.2 Å². The van der Waals surface area contributed by atoms with Crippen LogP contribution >= 0.6 is 12.2 Å². The fraction of sp³-hybridized carbons (Fsp3) is 0.429. The third kappa shape index (κ3) is 5.54. The van der Waals surface area contributed by atoms with Crippen molar-refractivity contribution in [3.8, 4) is 5.75 Å². The van der Waals surface area contributed by atoms with E-state index < -0.39 is 6.10 Å². The molecule has 0 spiro atoms. The molecule has 1 atom stereocenters. The number of nitrogens with one attached hydrogen (secondary N) is 2. The predicted octanol–water partition coefficient (Wildman–Crippen LogP) is 1.46. The third-order valence-corrected chi connectivity index (χ3v) is 2.62. The molecule has 1 rings (SSSR count). The second kappa shape index (κ2) is 8.50. The summed E-state index contributed by atoms with van der Waals surface area (Å²) in [7, 11) is 0. The van der Waals surface area contributed by atoms with Crippen molar-refractivity contribution in [2.24, 2.45) is 0 Å². The van der Waals surface area contributed by atoms with Crippen LogP contribution in [0.25, 0.3) is 0 Å². The maximum Gasteiger partial charge on any atom is 0.261 e. The molecule has 0 bridgehead atoms. The van der Waals surface area contributed by atoms with E-state index in [0.29, 0.717) is 17.9 Å². The summed E-state index contributed by atoms with van der Waals surface area (Å²) >= 11 is 4.98. The number of para-hydroxylation sites is 1. The van der Waals surface area contributed by atoms with Gasteiger partial charge in [0.1, 0.15) is 5.75 Å². The van der Waals surface area contributed by atoms with E-state index in [0.717, 1.165) is 6.42 Å². The summed E-state index contributed by atoms with van der Waals surface area (Å²) < 4.78 is 5.52. The molecule has 0 saturated heterocycles. The first-order valence-corrected chi connectivity index (χ1v) is 6.94. The fourth-order valence-corrected chi connectivity index (χ4v) is 1.62. The van der Waals surface area contributed by atoms with E-state index in [1.807, 2.05) is 13.0 Å². The monoisotopic (exact) mass is 296 g/mol. The molecule has 1 amide bonds. The summed E-state index contributed by atoms with van der Waals surface area (Å²) in [6, 6.07) is 7.00. The van der Waals surface area contributed by atoms with E-state index in [2.05, 4.69) is 10.6 Å².